The molecular weight excluding hydrogens is 240 g/mol. The molecule has 1 heterocycles. The first kappa shape index (κ1) is 12.0. The van der Waals surface area contributed by atoms with Crippen LogP contribution < -0.4 is 5.73 Å². The molecule has 0 aliphatic heterocycles. The normalized spacial score (nSPS) is 18.1. The summed E-state index contributed by atoms with van der Waals surface area (Å²) in [5.74, 6) is -0.428. The van der Waals surface area contributed by atoms with Crippen LogP contribution in [0.1, 0.15) is 40.6 Å². The van der Waals surface area contributed by atoms with E-state index >= 15 is 0 Å². The number of amides is 1. The van der Waals surface area contributed by atoms with Crippen LogP contribution in [0.4, 0.5) is 0 Å². The van der Waals surface area contributed by atoms with E-state index in [4.69, 9.17) is 5.73 Å². The number of nitrogens with zero attached hydrogens (tertiary/aromatic N) is 1. The van der Waals surface area contributed by atoms with Gasteiger partial charge in [0.15, 0.2) is 0 Å². The first-order valence-corrected chi connectivity index (χ1v) is 6.45. The van der Waals surface area contributed by atoms with Gasteiger partial charge >= 0.3 is 0 Å². The van der Waals surface area contributed by atoms with E-state index in [-0.39, 0.29) is 6.10 Å². The fourth-order valence-electron chi connectivity index (χ4n) is 2.72. The molecule has 0 bridgehead atoms. The molecule has 1 aromatic carbocycles. The highest BCUT2D eigenvalue weighted by atomic mass is 16.3. The molecule has 98 valence electrons. The number of nitrogens with two attached hydrogens (primary N) is 1. The third-order valence-electron chi connectivity index (χ3n) is 3.69. The number of hydrogen-bond donors (Lipinski definition) is 2. The molecule has 3 N–H and O–H groups in total. The van der Waals surface area contributed by atoms with Crippen molar-refractivity contribution in [3.8, 4) is 5.69 Å². The summed E-state index contributed by atoms with van der Waals surface area (Å²) in [6.45, 7) is 0. The van der Waals surface area contributed by atoms with Crippen LogP contribution in [0.25, 0.3) is 5.69 Å². The summed E-state index contributed by atoms with van der Waals surface area (Å²) in [7, 11) is 0. The van der Waals surface area contributed by atoms with Crippen molar-refractivity contribution in [3.05, 3.63) is 53.3 Å². The Morgan fingerprint density at radius 3 is 3.00 bits per heavy atom. The van der Waals surface area contributed by atoms with E-state index in [2.05, 4.69) is 0 Å². The van der Waals surface area contributed by atoms with E-state index in [1.54, 1.807) is 12.1 Å². The van der Waals surface area contributed by atoms with Gasteiger partial charge in [0.1, 0.15) is 0 Å². The lowest BCUT2D eigenvalue weighted by Gasteiger charge is -2.20. The van der Waals surface area contributed by atoms with Crippen LogP contribution in [0, 0.1) is 0 Å². The van der Waals surface area contributed by atoms with Crippen LogP contribution in [0.2, 0.25) is 0 Å². The average molecular weight is 256 g/mol. The molecule has 1 aliphatic carbocycles. The minimum atomic E-state index is -0.428. The third-order valence-corrected chi connectivity index (χ3v) is 3.69. The molecule has 0 radical (unpaired) electrons. The average Bonchev–Trinajstić information content (AvgIpc) is 2.84. The molecule has 4 nitrogen and oxygen atoms in total. The smallest absolute Gasteiger partial charge is 0.248 e. The van der Waals surface area contributed by atoms with Gasteiger partial charge in [-0.25, -0.2) is 0 Å². The number of aromatic nitrogens is 1. The Bertz CT molecular complexity index is 631. The topological polar surface area (TPSA) is 68.2 Å². The molecule has 1 aromatic heterocycles. The number of rotatable bonds is 2. The van der Waals surface area contributed by atoms with E-state index in [1.807, 2.05) is 29.0 Å². The van der Waals surface area contributed by atoms with Crippen molar-refractivity contribution in [3.63, 3.8) is 0 Å². The molecule has 0 saturated heterocycles. The number of benzene rings is 1. The molecule has 0 spiro atoms. The first-order valence-electron chi connectivity index (χ1n) is 6.45. The molecule has 1 atom stereocenters. The molecule has 0 saturated carbocycles. The van der Waals surface area contributed by atoms with E-state index in [9.17, 15) is 9.90 Å². The molecule has 19 heavy (non-hydrogen) atoms. The van der Waals surface area contributed by atoms with Gasteiger partial charge in [0.25, 0.3) is 0 Å². The Balaban J connectivity index is 2.08. The van der Waals surface area contributed by atoms with Crippen LogP contribution in [0.5, 0.6) is 0 Å². The van der Waals surface area contributed by atoms with Crippen LogP contribution in [-0.2, 0) is 6.42 Å². The number of carbonyl (C=O) groups excluding carboxylic acids is 1. The Hall–Kier alpha value is -2.07. The second-order valence-electron chi connectivity index (χ2n) is 4.91. The predicted molar refractivity (Wildman–Crippen MR) is 72.2 cm³/mol. The number of aliphatic hydroxyl groups excluding tert-OH is 1. The van der Waals surface area contributed by atoms with E-state index in [0.717, 1.165) is 36.2 Å². The van der Waals surface area contributed by atoms with Gasteiger partial charge in [-0.1, -0.05) is 6.07 Å². The lowest BCUT2D eigenvalue weighted by Crippen LogP contribution is -2.13. The Morgan fingerprint density at radius 2 is 2.21 bits per heavy atom. The molecular formula is C15H16N2O2. The maximum absolute atomic E-state index is 11.2. The summed E-state index contributed by atoms with van der Waals surface area (Å²) in [4.78, 5) is 11.2. The lowest BCUT2D eigenvalue weighted by molar-refractivity contribution is 0.1000. The van der Waals surface area contributed by atoms with Gasteiger partial charge in [-0.3, -0.25) is 4.79 Å². The van der Waals surface area contributed by atoms with Gasteiger partial charge in [-0.05, 0) is 43.5 Å². The van der Waals surface area contributed by atoms with Crippen molar-refractivity contribution in [2.24, 2.45) is 5.73 Å². The summed E-state index contributed by atoms with van der Waals surface area (Å²) in [6, 6.07) is 9.20. The highest BCUT2D eigenvalue weighted by Crippen LogP contribution is 2.32. The fourth-order valence-corrected chi connectivity index (χ4v) is 2.72. The van der Waals surface area contributed by atoms with Gasteiger partial charge in [-0.15, -0.1) is 0 Å². The van der Waals surface area contributed by atoms with Crippen molar-refractivity contribution in [1.82, 2.24) is 4.57 Å². The maximum atomic E-state index is 11.2. The largest absolute Gasteiger partial charge is 0.388 e. The standard InChI is InChI=1S/C15H16N2O2/c16-15(19)10-3-1-4-11(9-10)17-8-7-12-13(17)5-2-6-14(12)18/h1,3-4,7-9,14,18H,2,5-6H2,(H2,16,19). The lowest BCUT2D eigenvalue weighted by atomic mass is 9.95. The molecule has 3 rings (SSSR count). The van der Waals surface area contributed by atoms with E-state index in [0.29, 0.717) is 5.56 Å². The minimum Gasteiger partial charge on any atom is -0.388 e. The second-order valence-corrected chi connectivity index (χ2v) is 4.91. The number of hydrogen-bond acceptors (Lipinski definition) is 2. The Labute approximate surface area is 111 Å². The van der Waals surface area contributed by atoms with Crippen LogP contribution in [-0.4, -0.2) is 15.6 Å². The molecule has 1 aliphatic rings. The van der Waals surface area contributed by atoms with Gasteiger partial charge in [0, 0.05) is 28.7 Å². The van der Waals surface area contributed by atoms with E-state index in [1.165, 1.54) is 0 Å². The quantitative estimate of drug-likeness (QED) is 0.862. The zero-order valence-electron chi connectivity index (χ0n) is 10.5. The first-order chi connectivity index (χ1) is 9.16. The van der Waals surface area contributed by atoms with Gasteiger partial charge in [-0.2, -0.15) is 0 Å². The van der Waals surface area contributed by atoms with Gasteiger partial charge < -0.3 is 15.4 Å². The molecule has 1 unspecified atom stereocenters. The second kappa shape index (κ2) is 4.55. The molecule has 1 amide bonds. The van der Waals surface area contributed by atoms with Crippen molar-refractivity contribution in [2.75, 3.05) is 0 Å². The number of fused-ring (bicyclic) bond motifs is 1. The van der Waals surface area contributed by atoms with Crippen molar-refractivity contribution < 1.29 is 9.90 Å². The molecule has 2 aromatic rings. The maximum Gasteiger partial charge on any atom is 0.248 e. The highest BCUT2D eigenvalue weighted by molar-refractivity contribution is 5.93. The summed E-state index contributed by atoms with van der Waals surface area (Å²) >= 11 is 0. The van der Waals surface area contributed by atoms with Crippen molar-refractivity contribution in [1.29, 1.82) is 0 Å². The Morgan fingerprint density at radius 1 is 1.37 bits per heavy atom. The molecule has 0 fully saturated rings. The zero-order chi connectivity index (χ0) is 13.4. The monoisotopic (exact) mass is 256 g/mol. The Kier molecular flexibility index (Phi) is 2.87. The number of primary amides is 1. The minimum absolute atomic E-state index is 0.371. The van der Waals surface area contributed by atoms with Gasteiger partial charge in [0.2, 0.25) is 5.91 Å². The molecule has 4 heteroatoms. The summed E-state index contributed by atoms with van der Waals surface area (Å²) < 4.78 is 2.03. The zero-order valence-corrected chi connectivity index (χ0v) is 10.5. The summed E-state index contributed by atoms with van der Waals surface area (Å²) in [5.41, 5.74) is 8.83. The third kappa shape index (κ3) is 2.04. The van der Waals surface area contributed by atoms with Crippen LogP contribution in [0.15, 0.2) is 36.5 Å². The van der Waals surface area contributed by atoms with Gasteiger partial charge in [0.05, 0.1) is 6.10 Å². The number of aliphatic hydroxyl groups is 1. The van der Waals surface area contributed by atoms with Crippen molar-refractivity contribution in [2.45, 2.75) is 25.4 Å². The summed E-state index contributed by atoms with van der Waals surface area (Å²) in [6.07, 6.45) is 4.32. The summed E-state index contributed by atoms with van der Waals surface area (Å²) in [5, 5.41) is 9.98. The predicted octanol–water partition coefficient (Wildman–Crippen LogP) is 1.95. The van der Waals surface area contributed by atoms with E-state index < -0.39 is 5.91 Å². The number of carbonyl (C=O) groups is 1. The van der Waals surface area contributed by atoms with Crippen LogP contribution >= 0.6 is 0 Å². The SMILES string of the molecule is NC(=O)c1cccc(-n2ccc3c2CCCC3O)c1. The fraction of sp³-hybridized carbons (Fsp3) is 0.267. The van der Waals surface area contributed by atoms with Crippen molar-refractivity contribution >= 4 is 5.91 Å². The van der Waals surface area contributed by atoms with Crippen LogP contribution in [0.3, 0.4) is 0 Å². The highest BCUT2D eigenvalue weighted by Gasteiger charge is 2.21.